The Bertz CT molecular complexity index is 1030. The van der Waals surface area contributed by atoms with Crippen molar-refractivity contribution in [1.29, 1.82) is 0 Å². The first-order valence-corrected chi connectivity index (χ1v) is 8.81. The number of nitrogens with one attached hydrogen (secondary N) is 1. The number of fused-ring (bicyclic) bond motifs is 1. The van der Waals surface area contributed by atoms with Gasteiger partial charge in [-0.05, 0) is 36.2 Å². The van der Waals surface area contributed by atoms with Crippen LogP contribution in [0.2, 0.25) is 5.02 Å². The number of rotatable bonds is 3. The summed E-state index contributed by atoms with van der Waals surface area (Å²) in [5, 5.41) is 9.45. The second-order valence-corrected chi connectivity index (χ2v) is 6.85. The average Bonchev–Trinajstić information content (AvgIpc) is 2.66. The fourth-order valence-electron chi connectivity index (χ4n) is 3.24. The molecule has 0 aliphatic carbocycles. The summed E-state index contributed by atoms with van der Waals surface area (Å²) in [6, 6.07) is 6.38. The fraction of sp³-hybridized carbons (Fsp3) is 0.211. The van der Waals surface area contributed by atoms with Gasteiger partial charge in [-0.1, -0.05) is 11.6 Å². The molecule has 0 bridgehead atoms. The number of hydrogen-bond acceptors (Lipinski definition) is 5. The number of phenols is 1. The van der Waals surface area contributed by atoms with Crippen LogP contribution in [0.1, 0.15) is 16.8 Å². The molecule has 0 saturated heterocycles. The van der Waals surface area contributed by atoms with Gasteiger partial charge < -0.3 is 10.1 Å². The molecule has 2 aromatic heterocycles. The van der Waals surface area contributed by atoms with Crippen molar-refractivity contribution in [3.05, 3.63) is 74.7 Å². The lowest BCUT2D eigenvalue weighted by Gasteiger charge is -2.27. The van der Waals surface area contributed by atoms with Gasteiger partial charge in [0.05, 0.1) is 10.7 Å². The molecule has 3 aromatic rings. The molecule has 1 aromatic carbocycles. The van der Waals surface area contributed by atoms with Gasteiger partial charge in [-0.15, -0.1) is 0 Å². The van der Waals surface area contributed by atoms with E-state index < -0.39 is 11.6 Å². The van der Waals surface area contributed by atoms with Crippen LogP contribution in [-0.4, -0.2) is 31.5 Å². The van der Waals surface area contributed by atoms with Crippen LogP contribution in [0.5, 0.6) is 5.75 Å². The van der Waals surface area contributed by atoms with Crippen LogP contribution in [0.3, 0.4) is 0 Å². The molecule has 27 heavy (non-hydrogen) atoms. The standard InChI is InChI=1S/C19H16ClFN4O2/c20-14-7-11(8-15(21)17(14)26)9-25-6-3-13-16(10-25)23-18(24-19(13)27)12-1-4-22-5-2-12/h1-2,4-5,7-8,26H,3,6,9-10H2,(H,23,24,27). The van der Waals surface area contributed by atoms with Crippen molar-refractivity contribution in [2.24, 2.45) is 0 Å². The molecule has 4 rings (SSSR count). The van der Waals surface area contributed by atoms with Crippen LogP contribution in [0.15, 0.2) is 41.5 Å². The zero-order chi connectivity index (χ0) is 19.0. The molecule has 3 heterocycles. The maximum Gasteiger partial charge on any atom is 0.254 e. The first-order valence-electron chi connectivity index (χ1n) is 8.43. The summed E-state index contributed by atoms with van der Waals surface area (Å²) in [4.78, 5) is 25.9. The molecule has 1 aliphatic rings. The quantitative estimate of drug-likeness (QED) is 0.723. The minimum Gasteiger partial charge on any atom is -0.504 e. The smallest absolute Gasteiger partial charge is 0.254 e. The Labute approximate surface area is 159 Å². The summed E-state index contributed by atoms with van der Waals surface area (Å²) in [6.45, 7) is 1.55. The molecule has 2 N–H and O–H groups in total. The van der Waals surface area contributed by atoms with Gasteiger partial charge in [0.25, 0.3) is 5.56 Å². The van der Waals surface area contributed by atoms with Crippen molar-refractivity contribution >= 4 is 11.6 Å². The van der Waals surface area contributed by atoms with E-state index in [0.717, 1.165) is 5.56 Å². The Balaban J connectivity index is 1.61. The van der Waals surface area contributed by atoms with Gasteiger partial charge in [-0.3, -0.25) is 14.7 Å². The molecule has 0 spiro atoms. The third-order valence-corrected chi connectivity index (χ3v) is 4.88. The maximum absolute atomic E-state index is 13.7. The number of hydrogen-bond donors (Lipinski definition) is 2. The monoisotopic (exact) mass is 386 g/mol. The Kier molecular flexibility index (Phi) is 4.63. The van der Waals surface area contributed by atoms with Gasteiger partial charge >= 0.3 is 0 Å². The summed E-state index contributed by atoms with van der Waals surface area (Å²) >= 11 is 5.86. The second-order valence-electron chi connectivity index (χ2n) is 6.44. The largest absolute Gasteiger partial charge is 0.504 e. The summed E-state index contributed by atoms with van der Waals surface area (Å²) in [5.41, 5.74) is 2.69. The van der Waals surface area contributed by atoms with Crippen molar-refractivity contribution in [3.63, 3.8) is 0 Å². The Morgan fingerprint density at radius 3 is 2.81 bits per heavy atom. The Morgan fingerprint density at radius 1 is 1.30 bits per heavy atom. The molecule has 138 valence electrons. The van der Waals surface area contributed by atoms with Gasteiger partial charge in [0.2, 0.25) is 0 Å². The van der Waals surface area contributed by atoms with E-state index in [2.05, 4.69) is 19.9 Å². The number of phenolic OH excluding ortho intramolecular Hbond substituents is 1. The van der Waals surface area contributed by atoms with Gasteiger partial charge in [-0.25, -0.2) is 9.37 Å². The normalized spacial score (nSPS) is 14.1. The molecule has 0 radical (unpaired) electrons. The van der Waals surface area contributed by atoms with Crippen LogP contribution in [0.25, 0.3) is 11.4 Å². The van der Waals surface area contributed by atoms with E-state index in [4.69, 9.17) is 11.6 Å². The molecule has 6 nitrogen and oxygen atoms in total. The molecule has 0 saturated carbocycles. The van der Waals surface area contributed by atoms with Crippen molar-refractivity contribution < 1.29 is 9.50 Å². The molecular formula is C19H16ClFN4O2. The number of aromatic nitrogens is 3. The first kappa shape index (κ1) is 17.6. The number of aromatic hydroxyl groups is 1. The number of halogens is 2. The maximum atomic E-state index is 13.7. The molecule has 0 fully saturated rings. The molecule has 0 amide bonds. The highest BCUT2D eigenvalue weighted by atomic mass is 35.5. The van der Waals surface area contributed by atoms with Gasteiger partial charge in [-0.2, -0.15) is 0 Å². The number of nitrogens with zero attached hydrogens (tertiary/aromatic N) is 3. The van der Waals surface area contributed by atoms with E-state index >= 15 is 0 Å². The van der Waals surface area contributed by atoms with E-state index in [-0.39, 0.29) is 10.6 Å². The Morgan fingerprint density at radius 2 is 2.07 bits per heavy atom. The fourth-order valence-corrected chi connectivity index (χ4v) is 3.47. The zero-order valence-corrected chi connectivity index (χ0v) is 15.0. The lowest BCUT2D eigenvalue weighted by molar-refractivity contribution is 0.240. The van der Waals surface area contributed by atoms with Gasteiger partial charge in [0.15, 0.2) is 11.6 Å². The highest BCUT2D eigenvalue weighted by Crippen LogP contribution is 2.29. The average molecular weight is 387 g/mol. The third-order valence-electron chi connectivity index (χ3n) is 4.59. The predicted octanol–water partition coefficient (Wildman–Crippen LogP) is 2.89. The van der Waals surface area contributed by atoms with Crippen molar-refractivity contribution in [2.75, 3.05) is 6.54 Å². The van der Waals surface area contributed by atoms with Crippen LogP contribution < -0.4 is 5.56 Å². The van der Waals surface area contributed by atoms with Crippen molar-refractivity contribution in [3.8, 4) is 17.1 Å². The van der Waals surface area contributed by atoms with E-state index in [0.29, 0.717) is 48.7 Å². The molecule has 8 heteroatoms. The SMILES string of the molecule is O=c1[nH]c(-c2ccncc2)nc2c1CCN(Cc1cc(F)c(O)c(Cl)c1)C2. The highest BCUT2D eigenvalue weighted by Gasteiger charge is 2.22. The van der Waals surface area contributed by atoms with Crippen LogP contribution in [0, 0.1) is 5.82 Å². The summed E-state index contributed by atoms with van der Waals surface area (Å²) in [6.07, 6.45) is 3.84. The van der Waals surface area contributed by atoms with E-state index in [1.54, 1.807) is 30.6 Å². The van der Waals surface area contributed by atoms with E-state index in [1.807, 2.05) is 0 Å². The number of benzene rings is 1. The van der Waals surface area contributed by atoms with Gasteiger partial charge in [0, 0.05) is 43.2 Å². The summed E-state index contributed by atoms with van der Waals surface area (Å²) in [7, 11) is 0. The summed E-state index contributed by atoms with van der Waals surface area (Å²) in [5.74, 6) is -0.786. The molecule has 0 atom stereocenters. The molecule has 0 unspecified atom stereocenters. The minimum atomic E-state index is -0.746. The third kappa shape index (κ3) is 3.56. The van der Waals surface area contributed by atoms with Crippen LogP contribution in [0.4, 0.5) is 4.39 Å². The lowest BCUT2D eigenvalue weighted by Crippen LogP contribution is -2.35. The number of H-pyrrole nitrogens is 1. The van der Waals surface area contributed by atoms with Crippen molar-refractivity contribution in [2.45, 2.75) is 19.5 Å². The second kappa shape index (κ2) is 7.09. The van der Waals surface area contributed by atoms with Crippen LogP contribution in [-0.2, 0) is 19.5 Å². The summed E-state index contributed by atoms with van der Waals surface area (Å²) < 4.78 is 13.7. The lowest BCUT2D eigenvalue weighted by atomic mass is 10.0. The highest BCUT2D eigenvalue weighted by molar-refractivity contribution is 6.32. The topological polar surface area (TPSA) is 82.1 Å². The van der Waals surface area contributed by atoms with Crippen LogP contribution >= 0.6 is 11.6 Å². The minimum absolute atomic E-state index is 0.0167. The predicted molar refractivity (Wildman–Crippen MR) is 99.0 cm³/mol. The Hall–Kier alpha value is -2.77. The molecular weight excluding hydrogens is 371 g/mol. The van der Waals surface area contributed by atoms with E-state index in [9.17, 15) is 14.3 Å². The zero-order valence-electron chi connectivity index (χ0n) is 14.2. The van der Waals surface area contributed by atoms with E-state index in [1.165, 1.54) is 6.07 Å². The van der Waals surface area contributed by atoms with Gasteiger partial charge in [0.1, 0.15) is 5.82 Å². The number of aromatic amines is 1. The number of pyridine rings is 1. The first-order chi connectivity index (χ1) is 13.0. The van der Waals surface area contributed by atoms with Crippen molar-refractivity contribution in [1.82, 2.24) is 19.9 Å². The molecule has 1 aliphatic heterocycles.